The molecular formula is C7Cl2F4O. The molecule has 0 bridgehead atoms. The van der Waals surface area contributed by atoms with Crippen molar-refractivity contribution < 1.29 is 22.4 Å². The van der Waals surface area contributed by atoms with Crippen molar-refractivity contribution in [2.75, 3.05) is 0 Å². The topological polar surface area (TPSA) is 17.1 Å². The van der Waals surface area contributed by atoms with Crippen LogP contribution in [0.1, 0.15) is 10.4 Å². The number of halogens is 6. The molecule has 0 spiro atoms. The lowest BCUT2D eigenvalue weighted by Crippen LogP contribution is -2.04. The lowest BCUT2D eigenvalue weighted by atomic mass is 10.2. The van der Waals surface area contributed by atoms with E-state index in [9.17, 15) is 22.4 Å². The summed E-state index contributed by atoms with van der Waals surface area (Å²) in [5.41, 5.74) is -1.60. The minimum absolute atomic E-state index is 1.22. The van der Waals surface area contributed by atoms with E-state index in [0.29, 0.717) is 0 Å². The summed E-state index contributed by atoms with van der Waals surface area (Å²) in [5.74, 6) is -5.19. The normalized spacial score (nSPS) is 10.4. The second kappa shape index (κ2) is 3.74. The van der Waals surface area contributed by atoms with Crippen LogP contribution in [0.5, 0.6) is 0 Å². The largest absolute Gasteiger partial charge is 0.338 e. The van der Waals surface area contributed by atoms with Crippen molar-refractivity contribution in [3.63, 3.8) is 0 Å². The van der Waals surface area contributed by atoms with Crippen molar-refractivity contribution in [3.05, 3.63) is 33.1 Å². The van der Waals surface area contributed by atoms with Crippen LogP contribution in [-0.4, -0.2) is 6.04 Å². The zero-order chi connectivity index (χ0) is 11.0. The molecule has 1 rings (SSSR count). The Balaban J connectivity index is 3.68. The van der Waals surface area contributed by atoms with Gasteiger partial charge in [0.2, 0.25) is 0 Å². The molecule has 0 aliphatic heterocycles. The summed E-state index contributed by atoms with van der Waals surface area (Å²) < 4.78 is 50.5. The third-order valence-electron chi connectivity index (χ3n) is 1.41. The van der Waals surface area contributed by atoms with Gasteiger partial charge in [-0.05, 0) is 0 Å². The van der Waals surface area contributed by atoms with E-state index in [2.05, 4.69) is 0 Å². The van der Waals surface area contributed by atoms with Crippen LogP contribution in [0.15, 0.2) is 0 Å². The monoisotopic (exact) mass is 246 g/mol. The Morgan fingerprint density at radius 2 is 1.29 bits per heavy atom. The predicted molar refractivity (Wildman–Crippen MR) is 41.8 cm³/mol. The maximum Gasteiger partial charge on any atom is 0.338 e. The van der Waals surface area contributed by atoms with E-state index in [1.807, 2.05) is 0 Å². The summed E-state index contributed by atoms with van der Waals surface area (Å²) in [5, 5.41) is -2.45. The molecule has 0 unspecified atom stereocenters. The van der Waals surface area contributed by atoms with Crippen LogP contribution in [0, 0.1) is 17.5 Å². The van der Waals surface area contributed by atoms with Crippen molar-refractivity contribution in [1.29, 1.82) is 0 Å². The molecule has 0 saturated heterocycles. The number of carbonyl (C=O) groups excluding carboxylic acids is 1. The number of carbonyl (C=O) groups is 1. The summed E-state index contributed by atoms with van der Waals surface area (Å²) in [7, 11) is 0. The van der Waals surface area contributed by atoms with Gasteiger partial charge in [-0.1, -0.05) is 23.2 Å². The maximum absolute atomic E-state index is 12.8. The summed E-state index contributed by atoms with van der Waals surface area (Å²) in [6, 6.07) is -2.41. The Hall–Kier alpha value is -0.810. The number of hydrogen-bond acceptors (Lipinski definition) is 1. The highest BCUT2D eigenvalue weighted by Gasteiger charge is 2.27. The molecule has 1 aromatic carbocycles. The average Bonchev–Trinajstić information content (AvgIpc) is 2.11. The fourth-order valence-electron chi connectivity index (χ4n) is 0.777. The van der Waals surface area contributed by atoms with Gasteiger partial charge in [0, 0.05) is 0 Å². The van der Waals surface area contributed by atoms with Crippen LogP contribution in [0.3, 0.4) is 0 Å². The smallest absolute Gasteiger partial charge is 0.255 e. The third-order valence-corrected chi connectivity index (χ3v) is 2.07. The summed E-state index contributed by atoms with van der Waals surface area (Å²) in [6.07, 6.45) is 0. The molecule has 0 aliphatic rings. The molecule has 76 valence electrons. The Bertz CT molecular complexity index is 390. The zero-order valence-electron chi connectivity index (χ0n) is 6.18. The highest BCUT2D eigenvalue weighted by atomic mass is 35.5. The molecule has 0 aliphatic carbocycles. The predicted octanol–water partition coefficient (Wildman–Crippen LogP) is 3.52. The maximum atomic E-state index is 12.8. The van der Waals surface area contributed by atoms with Gasteiger partial charge < -0.3 is 0 Å². The molecule has 1 aromatic rings. The van der Waals surface area contributed by atoms with Gasteiger partial charge in [-0.3, -0.25) is 4.79 Å². The van der Waals surface area contributed by atoms with Crippen LogP contribution in [-0.2, 0) is 0 Å². The molecule has 1 nitrogen and oxygen atoms in total. The molecule has 0 amide bonds. The Kier molecular flexibility index (Phi) is 3.01. The minimum Gasteiger partial charge on any atom is -0.255 e. The third kappa shape index (κ3) is 1.57. The first-order valence-corrected chi connectivity index (χ1v) is 3.84. The van der Waals surface area contributed by atoms with Gasteiger partial charge in [-0.15, -0.1) is 0 Å². The second-order valence-electron chi connectivity index (χ2n) is 2.22. The van der Waals surface area contributed by atoms with Crippen molar-refractivity contribution in [2.45, 2.75) is 0 Å². The van der Waals surface area contributed by atoms with E-state index < -0.39 is 39.1 Å². The lowest BCUT2D eigenvalue weighted by molar-refractivity contribution is 0.0826. The second-order valence-corrected chi connectivity index (χ2v) is 2.97. The fraction of sp³-hybridized carbons (Fsp3) is 0. The molecule has 0 saturated carbocycles. The van der Waals surface area contributed by atoms with Crippen LogP contribution < -0.4 is 0 Å². The Labute approximate surface area is 85.2 Å². The molecule has 0 radical (unpaired) electrons. The van der Waals surface area contributed by atoms with E-state index in [-0.39, 0.29) is 0 Å². The van der Waals surface area contributed by atoms with Crippen LogP contribution in [0.25, 0.3) is 0 Å². The number of hydrogen-bond donors (Lipinski definition) is 0. The van der Waals surface area contributed by atoms with Crippen LogP contribution in [0.2, 0.25) is 10.0 Å². The minimum atomic E-state index is -2.41. The van der Waals surface area contributed by atoms with Crippen LogP contribution >= 0.6 is 23.2 Å². The van der Waals surface area contributed by atoms with E-state index >= 15 is 0 Å². The van der Waals surface area contributed by atoms with Crippen molar-refractivity contribution >= 4 is 29.2 Å². The highest BCUT2D eigenvalue weighted by molar-refractivity contribution is 6.35. The van der Waals surface area contributed by atoms with E-state index in [1.54, 1.807) is 0 Å². The van der Waals surface area contributed by atoms with Gasteiger partial charge in [0.15, 0.2) is 17.5 Å². The molecule has 7 heteroatoms. The van der Waals surface area contributed by atoms with E-state index in [0.717, 1.165) is 0 Å². The summed E-state index contributed by atoms with van der Waals surface area (Å²) in [4.78, 5) is 10.1. The summed E-state index contributed by atoms with van der Waals surface area (Å²) >= 11 is 9.97. The Morgan fingerprint density at radius 3 is 1.57 bits per heavy atom. The van der Waals surface area contributed by atoms with Crippen LogP contribution in [0.4, 0.5) is 17.6 Å². The molecule has 14 heavy (non-hydrogen) atoms. The van der Waals surface area contributed by atoms with Crippen molar-refractivity contribution in [2.24, 2.45) is 0 Å². The first-order chi connectivity index (χ1) is 6.37. The van der Waals surface area contributed by atoms with E-state index in [4.69, 9.17) is 23.2 Å². The van der Waals surface area contributed by atoms with Gasteiger partial charge >= 0.3 is 6.04 Å². The molecule has 0 fully saturated rings. The Morgan fingerprint density at radius 1 is 0.929 bits per heavy atom. The molecule has 0 atom stereocenters. The first kappa shape index (κ1) is 11.3. The van der Waals surface area contributed by atoms with Gasteiger partial charge in [-0.2, -0.15) is 4.39 Å². The van der Waals surface area contributed by atoms with Gasteiger partial charge in [0.05, 0.1) is 0 Å². The highest BCUT2D eigenvalue weighted by Crippen LogP contribution is 2.32. The molecular weight excluding hydrogens is 247 g/mol. The molecule has 0 heterocycles. The number of benzene rings is 1. The van der Waals surface area contributed by atoms with E-state index in [1.165, 1.54) is 0 Å². The first-order valence-electron chi connectivity index (χ1n) is 3.09. The number of rotatable bonds is 1. The summed E-state index contributed by atoms with van der Waals surface area (Å²) in [6.45, 7) is 0. The van der Waals surface area contributed by atoms with Crippen molar-refractivity contribution in [1.82, 2.24) is 0 Å². The van der Waals surface area contributed by atoms with Crippen molar-refractivity contribution in [3.8, 4) is 0 Å². The average molecular weight is 247 g/mol. The zero-order valence-corrected chi connectivity index (χ0v) is 7.69. The molecule has 0 aromatic heterocycles. The SMILES string of the molecule is O=C(F)c1c(F)c(Cl)c(F)c(Cl)c1F. The molecule has 0 N–H and O–H groups in total. The lowest BCUT2D eigenvalue weighted by Gasteiger charge is -2.04. The quantitative estimate of drug-likeness (QED) is 0.321. The standard InChI is InChI=1S/C7Cl2F4O/c8-2-4(10)1(7(13)14)5(11)3(9)6(2)12. The fourth-order valence-corrected chi connectivity index (χ4v) is 1.20. The van der Waals surface area contributed by atoms with Gasteiger partial charge in [0.25, 0.3) is 0 Å². The van der Waals surface area contributed by atoms with Gasteiger partial charge in [-0.25, -0.2) is 13.2 Å². The van der Waals surface area contributed by atoms with Gasteiger partial charge in [0.1, 0.15) is 15.6 Å².